The summed E-state index contributed by atoms with van der Waals surface area (Å²) in [4.78, 5) is 0. The van der Waals surface area contributed by atoms with Crippen molar-refractivity contribution < 1.29 is 57.7 Å². The molecule has 0 fully saturated rings. The maximum absolute atomic E-state index is 2.66. The molecule has 0 saturated heterocycles. The SMILES string of the molecule is CCCCCCCCCCCCCCCCCC[Si](C)(C1=CC[C]([Ti+3])=C1CCC)c1ccccc1.[Cl-].[Cl-].[Cl-]. The Kier molecular flexibility index (Phi) is 27.0. The van der Waals surface area contributed by atoms with Gasteiger partial charge in [-0.05, 0) is 0 Å². The van der Waals surface area contributed by atoms with Crippen LogP contribution in [0.2, 0.25) is 12.6 Å². The Hall–Kier alpha value is 0.501. The summed E-state index contributed by atoms with van der Waals surface area (Å²) in [6.45, 7) is 7.31. The van der Waals surface area contributed by atoms with Gasteiger partial charge in [0.15, 0.2) is 0 Å². The van der Waals surface area contributed by atoms with Crippen LogP contribution in [0.5, 0.6) is 0 Å². The van der Waals surface area contributed by atoms with E-state index in [-0.39, 0.29) is 37.2 Å². The van der Waals surface area contributed by atoms with Crippen molar-refractivity contribution in [3.63, 3.8) is 0 Å². The summed E-state index contributed by atoms with van der Waals surface area (Å²) in [5.41, 5.74) is 1.72. The maximum atomic E-state index is 2.66. The fraction of sp³-hybridized carbons (Fsp3) is 0.697. The van der Waals surface area contributed by atoms with Crippen LogP contribution < -0.4 is 42.4 Å². The summed E-state index contributed by atoms with van der Waals surface area (Å²) in [7, 11) is -1.64. The normalized spacial score (nSPS) is 14.3. The van der Waals surface area contributed by atoms with Crippen LogP contribution in [0.3, 0.4) is 0 Å². The monoisotopic (exact) mass is 632 g/mol. The van der Waals surface area contributed by atoms with Gasteiger partial charge in [-0.2, -0.15) is 0 Å². The van der Waals surface area contributed by atoms with E-state index in [0.717, 1.165) is 0 Å². The Morgan fingerprint density at radius 1 is 0.632 bits per heavy atom. The molecule has 5 heteroatoms. The number of hydrogen-bond acceptors (Lipinski definition) is 0. The predicted molar refractivity (Wildman–Crippen MR) is 157 cm³/mol. The third-order valence-corrected chi connectivity index (χ3v) is 13.7. The van der Waals surface area contributed by atoms with E-state index >= 15 is 0 Å². The van der Waals surface area contributed by atoms with Crippen molar-refractivity contribution in [3.8, 4) is 0 Å². The van der Waals surface area contributed by atoms with E-state index in [1.54, 1.807) is 19.8 Å². The maximum Gasteiger partial charge on any atom is -1.00 e. The van der Waals surface area contributed by atoms with E-state index < -0.39 is 8.07 Å². The molecule has 0 bridgehead atoms. The molecule has 0 aromatic heterocycles. The number of hydrogen-bond donors (Lipinski definition) is 0. The Labute approximate surface area is 268 Å². The number of halogens is 3. The minimum Gasteiger partial charge on any atom is -1.00 e. The van der Waals surface area contributed by atoms with Crippen LogP contribution in [0.15, 0.2) is 51.1 Å². The summed E-state index contributed by atoms with van der Waals surface area (Å²) in [6, 6.07) is 13.0. The first-order valence-corrected chi connectivity index (χ1v) is 18.8. The fourth-order valence-corrected chi connectivity index (χ4v) is 11.0. The molecule has 2 rings (SSSR count). The van der Waals surface area contributed by atoms with Gasteiger partial charge in [-0.3, -0.25) is 0 Å². The molecule has 0 amide bonds. The van der Waals surface area contributed by atoms with Gasteiger partial charge in [0.25, 0.3) is 0 Å². The fourth-order valence-electron chi connectivity index (χ4n) is 5.97. The van der Waals surface area contributed by atoms with Gasteiger partial charge in [-0.15, -0.1) is 0 Å². The molecule has 0 heterocycles. The zero-order valence-corrected chi connectivity index (χ0v) is 29.6. The molecule has 0 spiro atoms. The molecule has 1 aliphatic rings. The third-order valence-electron chi connectivity index (χ3n) is 8.24. The summed E-state index contributed by atoms with van der Waals surface area (Å²) >= 11 is 2.38. The van der Waals surface area contributed by atoms with Crippen molar-refractivity contribution in [1.29, 1.82) is 0 Å². The minimum atomic E-state index is -1.64. The van der Waals surface area contributed by atoms with Gasteiger partial charge < -0.3 is 37.2 Å². The quantitative estimate of drug-likeness (QED) is 0.143. The van der Waals surface area contributed by atoms with Crippen molar-refractivity contribution in [2.45, 2.75) is 148 Å². The van der Waals surface area contributed by atoms with Crippen LogP contribution in [0.4, 0.5) is 0 Å². The van der Waals surface area contributed by atoms with E-state index in [9.17, 15) is 0 Å². The van der Waals surface area contributed by atoms with E-state index in [0.29, 0.717) is 0 Å². The number of allylic oxidation sites excluding steroid dienone is 4. The van der Waals surface area contributed by atoms with Crippen LogP contribution in [0, 0.1) is 0 Å². The molecule has 1 aliphatic carbocycles. The van der Waals surface area contributed by atoms with Crippen LogP contribution in [-0.2, 0) is 20.4 Å². The molecule has 216 valence electrons. The molecule has 1 unspecified atom stereocenters. The molecule has 38 heavy (non-hydrogen) atoms. The molecule has 0 N–H and O–H groups in total. The number of unbranched alkanes of at least 4 members (excludes halogenated alkanes) is 15. The van der Waals surface area contributed by atoms with Gasteiger partial charge in [0.2, 0.25) is 0 Å². The standard InChI is InChI=1S/C33H55Si.3ClH.Ti/c1-4-6-7-8-9-10-11-12-13-14-15-16-17-18-19-23-30-34(3,32-27-21-20-22-28-32)33-29-24-26-31(33)25-5-2;;;;/h20-22,27-29H,4-19,23-25,30H2,1-3H3;3*1H;/q;;;;+3/p-3. The average Bonchev–Trinajstić information content (AvgIpc) is 3.25. The molecule has 0 saturated carbocycles. The molecular formula is C33H55Cl3SiTi. The summed E-state index contributed by atoms with van der Waals surface area (Å²) in [5, 5.41) is 3.43. The first kappa shape index (κ1) is 40.6. The van der Waals surface area contributed by atoms with Crippen LogP contribution >= 0.6 is 0 Å². The molecule has 1 atom stereocenters. The first-order chi connectivity index (χ1) is 17.1. The van der Waals surface area contributed by atoms with Crippen molar-refractivity contribution in [2.24, 2.45) is 0 Å². The van der Waals surface area contributed by atoms with Crippen molar-refractivity contribution in [2.75, 3.05) is 0 Å². The second-order valence-corrected chi connectivity index (χ2v) is 16.5. The van der Waals surface area contributed by atoms with E-state index in [1.807, 2.05) is 0 Å². The van der Waals surface area contributed by atoms with Crippen molar-refractivity contribution in [3.05, 3.63) is 51.1 Å². The van der Waals surface area contributed by atoms with Crippen molar-refractivity contribution >= 4 is 13.3 Å². The Morgan fingerprint density at radius 3 is 1.53 bits per heavy atom. The Bertz CT molecular complexity index is 750. The second-order valence-electron chi connectivity index (χ2n) is 11.3. The van der Waals surface area contributed by atoms with Crippen LogP contribution in [0.1, 0.15) is 136 Å². The molecule has 0 radical (unpaired) electrons. The van der Waals surface area contributed by atoms with Gasteiger partial charge >= 0.3 is 168 Å². The zero-order chi connectivity index (χ0) is 25.2. The molecule has 0 nitrogen and oxygen atoms in total. The van der Waals surface area contributed by atoms with Gasteiger partial charge in [0, 0.05) is 0 Å². The van der Waals surface area contributed by atoms with Gasteiger partial charge in [-0.1, -0.05) is 64.7 Å². The Morgan fingerprint density at radius 2 is 1.08 bits per heavy atom. The second kappa shape index (κ2) is 25.2. The summed E-state index contributed by atoms with van der Waals surface area (Å²) in [6.07, 6.45) is 29.5. The topological polar surface area (TPSA) is 0 Å². The van der Waals surface area contributed by atoms with E-state index in [4.69, 9.17) is 0 Å². The van der Waals surface area contributed by atoms with Gasteiger partial charge in [-0.25, -0.2) is 0 Å². The zero-order valence-electron chi connectivity index (χ0n) is 24.7. The molecule has 0 aliphatic heterocycles. The number of benzene rings is 1. The third kappa shape index (κ3) is 14.9. The minimum absolute atomic E-state index is 0. The predicted octanol–water partition coefficient (Wildman–Crippen LogP) is 1.72. The van der Waals surface area contributed by atoms with Gasteiger partial charge in [0.05, 0.1) is 0 Å². The average molecular weight is 634 g/mol. The molecular weight excluding hydrogens is 579 g/mol. The van der Waals surface area contributed by atoms with E-state index in [1.165, 1.54) is 128 Å². The smallest absolute Gasteiger partial charge is 1.00 e. The Balaban J connectivity index is 0. The van der Waals surface area contributed by atoms with Crippen LogP contribution in [-0.4, -0.2) is 8.07 Å². The number of rotatable bonds is 21. The summed E-state index contributed by atoms with van der Waals surface area (Å²) in [5.74, 6) is 0. The molecule has 1 aromatic carbocycles. The van der Waals surface area contributed by atoms with Crippen molar-refractivity contribution in [1.82, 2.24) is 0 Å². The largest absolute Gasteiger partial charge is 1.00 e. The van der Waals surface area contributed by atoms with Crippen LogP contribution in [0.25, 0.3) is 0 Å². The first-order valence-electron chi connectivity index (χ1n) is 15.3. The summed E-state index contributed by atoms with van der Waals surface area (Å²) < 4.78 is 1.64. The van der Waals surface area contributed by atoms with Gasteiger partial charge in [0.1, 0.15) is 0 Å². The molecule has 1 aromatic rings. The van der Waals surface area contributed by atoms with E-state index in [2.05, 4.69) is 77.2 Å².